The second kappa shape index (κ2) is 8.61. The van der Waals surface area contributed by atoms with Crippen LogP contribution in [0.1, 0.15) is 25.7 Å². The highest BCUT2D eigenvalue weighted by molar-refractivity contribution is 5.75. The molecule has 2 rings (SSSR count). The van der Waals surface area contributed by atoms with Crippen LogP contribution in [-0.4, -0.2) is 32.4 Å². The van der Waals surface area contributed by atoms with Gasteiger partial charge in [0.25, 0.3) is 0 Å². The minimum atomic E-state index is -0.620. The molecule has 2 aromatic rings. The Morgan fingerprint density at radius 1 is 0.692 bits per heavy atom. The molecule has 8 nitrogen and oxygen atoms in total. The van der Waals surface area contributed by atoms with Gasteiger partial charge in [-0.2, -0.15) is 0 Å². The Labute approximate surface area is 148 Å². The zero-order valence-corrected chi connectivity index (χ0v) is 13.7. The highest BCUT2D eigenvalue weighted by Crippen LogP contribution is 2.35. The van der Waals surface area contributed by atoms with Gasteiger partial charge in [-0.3, -0.25) is 9.59 Å². The van der Waals surface area contributed by atoms with Gasteiger partial charge in [-0.15, -0.1) is 0 Å². The first-order valence-corrected chi connectivity index (χ1v) is 7.81. The number of phenols is 4. The molecule has 0 spiro atoms. The van der Waals surface area contributed by atoms with Gasteiger partial charge in [0, 0.05) is 12.8 Å². The van der Waals surface area contributed by atoms with E-state index in [9.17, 15) is 30.0 Å². The number of ether oxygens (including phenoxy) is 2. The Bertz CT molecular complexity index is 732. The fraction of sp³-hybridized carbons (Fsp3) is 0.222. The van der Waals surface area contributed by atoms with Crippen LogP contribution >= 0.6 is 0 Å². The molecule has 0 fully saturated rings. The van der Waals surface area contributed by atoms with Crippen LogP contribution in [0.25, 0.3) is 0 Å². The Hall–Kier alpha value is -3.42. The normalized spacial score (nSPS) is 10.3. The summed E-state index contributed by atoms with van der Waals surface area (Å²) in [4.78, 5) is 23.4. The zero-order valence-electron chi connectivity index (χ0n) is 13.7. The lowest BCUT2D eigenvalue weighted by atomic mass is 10.2. The summed E-state index contributed by atoms with van der Waals surface area (Å²) in [6.45, 7) is 0. The number of esters is 2. The number of hydrogen-bond donors (Lipinski definition) is 4. The molecule has 26 heavy (non-hydrogen) atoms. The largest absolute Gasteiger partial charge is 0.504 e. The van der Waals surface area contributed by atoms with E-state index < -0.39 is 34.9 Å². The van der Waals surface area contributed by atoms with Gasteiger partial charge < -0.3 is 29.9 Å². The van der Waals surface area contributed by atoms with Crippen molar-refractivity contribution in [3.05, 3.63) is 36.4 Å². The molecule has 0 saturated carbocycles. The summed E-state index contributed by atoms with van der Waals surface area (Å²) in [5.41, 5.74) is 0. The summed E-state index contributed by atoms with van der Waals surface area (Å²) in [6.07, 6.45) is 0.665. The predicted molar refractivity (Wildman–Crippen MR) is 89.3 cm³/mol. The summed E-state index contributed by atoms with van der Waals surface area (Å²) in [5.74, 6) is -3.36. The van der Waals surface area contributed by atoms with Crippen LogP contribution in [0, 0.1) is 0 Å². The van der Waals surface area contributed by atoms with Crippen LogP contribution in [-0.2, 0) is 9.59 Å². The lowest BCUT2D eigenvalue weighted by Crippen LogP contribution is -2.10. The van der Waals surface area contributed by atoms with Crippen LogP contribution in [0.4, 0.5) is 0 Å². The van der Waals surface area contributed by atoms with Crippen LogP contribution in [0.5, 0.6) is 34.5 Å². The van der Waals surface area contributed by atoms with Crippen LogP contribution in [0.2, 0.25) is 0 Å². The number of carbonyl (C=O) groups excluding carboxylic acids is 2. The third-order valence-electron chi connectivity index (χ3n) is 3.41. The van der Waals surface area contributed by atoms with E-state index in [1.807, 2.05) is 0 Å². The van der Waals surface area contributed by atoms with Crippen molar-refractivity contribution >= 4 is 11.9 Å². The number of carbonyl (C=O) groups is 2. The topological polar surface area (TPSA) is 134 Å². The Kier molecular flexibility index (Phi) is 6.26. The van der Waals surface area contributed by atoms with E-state index in [2.05, 4.69) is 0 Å². The van der Waals surface area contributed by atoms with Crippen LogP contribution < -0.4 is 9.47 Å². The smallest absolute Gasteiger partial charge is 0.311 e. The van der Waals surface area contributed by atoms with Gasteiger partial charge in [-0.25, -0.2) is 0 Å². The van der Waals surface area contributed by atoms with Gasteiger partial charge in [0.2, 0.25) is 11.5 Å². The van der Waals surface area contributed by atoms with E-state index in [1.165, 1.54) is 36.4 Å². The van der Waals surface area contributed by atoms with Gasteiger partial charge in [0.15, 0.2) is 23.0 Å². The maximum atomic E-state index is 11.7. The molecular formula is C18H18O8. The molecule has 4 N–H and O–H groups in total. The number of para-hydroxylation sites is 2. The highest BCUT2D eigenvalue weighted by atomic mass is 16.5. The maximum absolute atomic E-state index is 11.7. The fourth-order valence-corrected chi connectivity index (χ4v) is 2.07. The molecule has 0 saturated heterocycles. The molecule has 0 aliphatic carbocycles. The van der Waals surface area contributed by atoms with Crippen molar-refractivity contribution in [3.63, 3.8) is 0 Å². The standard InChI is InChI=1S/C18H18O8/c19-11-5-3-7-13(17(11)23)25-15(21)9-1-2-10-16(22)26-14-8-4-6-12(20)18(14)24/h3-8,19-20,23-24H,1-2,9-10H2. The van der Waals surface area contributed by atoms with Gasteiger partial charge in [-0.1, -0.05) is 12.1 Å². The van der Waals surface area contributed by atoms with E-state index >= 15 is 0 Å². The van der Waals surface area contributed by atoms with E-state index in [0.29, 0.717) is 12.8 Å². The van der Waals surface area contributed by atoms with Gasteiger partial charge in [-0.05, 0) is 37.1 Å². The van der Waals surface area contributed by atoms with E-state index in [0.717, 1.165) is 0 Å². The molecule has 0 bridgehead atoms. The first kappa shape index (κ1) is 18.9. The minimum Gasteiger partial charge on any atom is -0.504 e. The summed E-state index contributed by atoms with van der Waals surface area (Å²) < 4.78 is 9.86. The van der Waals surface area contributed by atoms with E-state index in [4.69, 9.17) is 9.47 Å². The lowest BCUT2D eigenvalue weighted by Gasteiger charge is -2.08. The van der Waals surface area contributed by atoms with Crippen molar-refractivity contribution in [3.8, 4) is 34.5 Å². The third-order valence-corrected chi connectivity index (χ3v) is 3.41. The zero-order chi connectivity index (χ0) is 19.1. The van der Waals surface area contributed by atoms with Gasteiger partial charge >= 0.3 is 11.9 Å². The van der Waals surface area contributed by atoms with Crippen LogP contribution in [0.3, 0.4) is 0 Å². The summed E-state index contributed by atoms with van der Waals surface area (Å²) in [7, 11) is 0. The van der Waals surface area contributed by atoms with Gasteiger partial charge in [0.05, 0.1) is 0 Å². The van der Waals surface area contributed by atoms with Crippen molar-refractivity contribution in [2.24, 2.45) is 0 Å². The lowest BCUT2D eigenvalue weighted by molar-refractivity contribution is -0.136. The number of hydrogen-bond acceptors (Lipinski definition) is 8. The summed E-state index contributed by atoms with van der Waals surface area (Å²) in [6, 6.07) is 8.03. The molecule has 0 radical (unpaired) electrons. The summed E-state index contributed by atoms with van der Waals surface area (Å²) >= 11 is 0. The average Bonchev–Trinajstić information content (AvgIpc) is 2.60. The van der Waals surface area contributed by atoms with Crippen molar-refractivity contribution < 1.29 is 39.5 Å². The molecule has 0 aromatic heterocycles. The first-order chi connectivity index (χ1) is 12.4. The minimum absolute atomic E-state index is 0.000247. The monoisotopic (exact) mass is 362 g/mol. The maximum Gasteiger partial charge on any atom is 0.311 e. The molecular weight excluding hydrogens is 344 g/mol. The second-order valence-corrected chi connectivity index (χ2v) is 5.40. The SMILES string of the molecule is O=C(CCCCC(=O)Oc1cccc(O)c1O)Oc1cccc(O)c1O. The Balaban J connectivity index is 1.72. The number of phenolic OH excluding ortho intramolecular Hbond substituents is 4. The molecule has 0 aliphatic heterocycles. The Morgan fingerprint density at radius 3 is 1.46 bits per heavy atom. The molecule has 2 aromatic carbocycles. The van der Waals surface area contributed by atoms with Gasteiger partial charge in [0.1, 0.15) is 0 Å². The van der Waals surface area contributed by atoms with Crippen LogP contribution in [0.15, 0.2) is 36.4 Å². The van der Waals surface area contributed by atoms with Crippen molar-refractivity contribution in [2.75, 3.05) is 0 Å². The number of unbranched alkanes of at least 4 members (excludes halogenated alkanes) is 1. The quantitative estimate of drug-likeness (QED) is 0.256. The molecule has 0 heterocycles. The second-order valence-electron chi connectivity index (χ2n) is 5.40. The fourth-order valence-electron chi connectivity index (χ4n) is 2.07. The molecule has 8 heteroatoms. The number of rotatable bonds is 7. The number of aromatic hydroxyl groups is 4. The third kappa shape index (κ3) is 5.04. The molecule has 0 amide bonds. The van der Waals surface area contributed by atoms with Crippen molar-refractivity contribution in [1.29, 1.82) is 0 Å². The molecule has 0 atom stereocenters. The van der Waals surface area contributed by atoms with E-state index in [-0.39, 0.29) is 24.3 Å². The highest BCUT2D eigenvalue weighted by Gasteiger charge is 2.14. The van der Waals surface area contributed by atoms with E-state index in [1.54, 1.807) is 0 Å². The first-order valence-electron chi connectivity index (χ1n) is 7.81. The summed E-state index contributed by atoms with van der Waals surface area (Å²) in [5, 5.41) is 37.7. The van der Waals surface area contributed by atoms with Crippen molar-refractivity contribution in [2.45, 2.75) is 25.7 Å². The average molecular weight is 362 g/mol. The molecule has 0 unspecified atom stereocenters. The Morgan fingerprint density at radius 2 is 1.08 bits per heavy atom. The molecule has 138 valence electrons. The number of benzene rings is 2. The molecule has 0 aliphatic rings. The van der Waals surface area contributed by atoms with Crippen molar-refractivity contribution in [1.82, 2.24) is 0 Å². The predicted octanol–water partition coefficient (Wildman–Crippen LogP) is 2.58.